The lowest BCUT2D eigenvalue weighted by molar-refractivity contribution is -0.148. The number of hydrogen-bond acceptors (Lipinski definition) is 3. The van der Waals surface area contributed by atoms with Gasteiger partial charge in [-0.15, -0.1) is 0 Å². The van der Waals surface area contributed by atoms with E-state index in [0.29, 0.717) is 17.9 Å². The number of fused-ring (bicyclic) bond motifs is 2. The second-order valence-electron chi connectivity index (χ2n) is 8.97. The molecular formula is C20H32O3. The van der Waals surface area contributed by atoms with Crippen LogP contribution in [0.25, 0.3) is 0 Å². The Hall–Kier alpha value is -0.830. The van der Waals surface area contributed by atoms with Crippen molar-refractivity contribution in [2.45, 2.75) is 90.3 Å². The van der Waals surface area contributed by atoms with Crippen LogP contribution in [0, 0.1) is 16.7 Å². The first kappa shape index (κ1) is 17.0. The van der Waals surface area contributed by atoms with Crippen LogP contribution in [-0.2, 0) is 9.53 Å². The maximum Gasteiger partial charge on any atom is 0.333 e. The molecule has 3 rings (SSSR count). The molecule has 3 nitrogen and oxygen atoms in total. The summed E-state index contributed by atoms with van der Waals surface area (Å²) in [4.78, 5) is 12.4. The first-order valence-electron chi connectivity index (χ1n) is 9.31. The first-order chi connectivity index (χ1) is 10.7. The van der Waals surface area contributed by atoms with Crippen molar-refractivity contribution in [2.24, 2.45) is 16.7 Å². The van der Waals surface area contributed by atoms with Crippen LogP contribution in [0.2, 0.25) is 0 Å². The number of ether oxygens (including phenoxy) is 1. The molecule has 0 amide bonds. The van der Waals surface area contributed by atoms with Crippen LogP contribution >= 0.6 is 0 Å². The highest BCUT2D eigenvalue weighted by atomic mass is 16.5. The SMILES string of the molecule is C=C(C[C@]1(O)C[C@H]2CC[C@]1(C)C2(C)C)C(=O)OC1CCCCC1. The predicted octanol–water partition coefficient (Wildman–Crippen LogP) is 4.39. The molecule has 3 saturated carbocycles. The summed E-state index contributed by atoms with van der Waals surface area (Å²) in [5, 5.41) is 11.3. The van der Waals surface area contributed by atoms with E-state index < -0.39 is 5.60 Å². The normalized spacial score (nSPS) is 39.4. The van der Waals surface area contributed by atoms with Gasteiger partial charge in [-0.3, -0.25) is 0 Å². The van der Waals surface area contributed by atoms with E-state index in [0.717, 1.165) is 38.5 Å². The molecular weight excluding hydrogens is 288 g/mol. The Morgan fingerprint density at radius 2 is 1.83 bits per heavy atom. The third kappa shape index (κ3) is 2.56. The molecule has 130 valence electrons. The standard InChI is InChI=1S/C20H32O3/c1-14(17(21)23-16-8-6-5-7-9-16)12-20(22)13-15-10-11-19(20,4)18(15,2)3/h15-16,22H,1,5-13H2,2-4H3/t15-,19-,20+/m1/s1. The van der Waals surface area contributed by atoms with Gasteiger partial charge in [-0.25, -0.2) is 4.79 Å². The smallest absolute Gasteiger partial charge is 0.333 e. The van der Waals surface area contributed by atoms with Crippen LogP contribution in [0.3, 0.4) is 0 Å². The Morgan fingerprint density at radius 1 is 1.17 bits per heavy atom. The average Bonchev–Trinajstić information content (AvgIpc) is 2.80. The van der Waals surface area contributed by atoms with E-state index in [1.165, 1.54) is 12.8 Å². The van der Waals surface area contributed by atoms with E-state index in [2.05, 4.69) is 27.4 Å². The lowest BCUT2D eigenvalue weighted by atomic mass is 9.63. The summed E-state index contributed by atoms with van der Waals surface area (Å²) < 4.78 is 5.62. The summed E-state index contributed by atoms with van der Waals surface area (Å²) >= 11 is 0. The van der Waals surface area contributed by atoms with Crippen molar-refractivity contribution in [2.75, 3.05) is 0 Å². The minimum Gasteiger partial charge on any atom is -0.459 e. The summed E-state index contributed by atoms with van der Waals surface area (Å²) in [5.74, 6) is 0.245. The lowest BCUT2D eigenvalue weighted by Crippen LogP contribution is -2.47. The fraction of sp³-hybridized carbons (Fsp3) is 0.850. The number of carbonyl (C=O) groups is 1. The van der Waals surface area contributed by atoms with Gasteiger partial charge in [0.15, 0.2) is 0 Å². The number of carbonyl (C=O) groups excluding carboxylic acids is 1. The van der Waals surface area contributed by atoms with E-state index in [4.69, 9.17) is 4.74 Å². The third-order valence-corrected chi connectivity index (χ3v) is 7.67. The van der Waals surface area contributed by atoms with Crippen molar-refractivity contribution < 1.29 is 14.6 Å². The topological polar surface area (TPSA) is 46.5 Å². The molecule has 0 aromatic carbocycles. The zero-order valence-electron chi connectivity index (χ0n) is 15.0. The molecule has 23 heavy (non-hydrogen) atoms. The molecule has 3 atom stereocenters. The average molecular weight is 320 g/mol. The van der Waals surface area contributed by atoms with Gasteiger partial charge in [-0.05, 0) is 56.3 Å². The van der Waals surface area contributed by atoms with Crippen LogP contribution in [0.5, 0.6) is 0 Å². The van der Waals surface area contributed by atoms with Crippen LogP contribution in [0.4, 0.5) is 0 Å². The molecule has 0 spiro atoms. The zero-order chi connectivity index (χ0) is 16.9. The van der Waals surface area contributed by atoms with E-state index in [1.54, 1.807) is 0 Å². The predicted molar refractivity (Wildman–Crippen MR) is 90.9 cm³/mol. The highest BCUT2D eigenvalue weighted by Gasteiger charge is 2.68. The third-order valence-electron chi connectivity index (χ3n) is 7.67. The monoisotopic (exact) mass is 320 g/mol. The lowest BCUT2D eigenvalue weighted by Gasteiger charge is -2.45. The highest BCUT2D eigenvalue weighted by molar-refractivity contribution is 5.88. The summed E-state index contributed by atoms with van der Waals surface area (Å²) in [6, 6.07) is 0. The van der Waals surface area contributed by atoms with E-state index in [9.17, 15) is 9.90 Å². The number of rotatable bonds is 4. The van der Waals surface area contributed by atoms with Crippen molar-refractivity contribution in [3.63, 3.8) is 0 Å². The van der Waals surface area contributed by atoms with Gasteiger partial charge >= 0.3 is 5.97 Å². The van der Waals surface area contributed by atoms with E-state index in [-0.39, 0.29) is 22.9 Å². The maximum atomic E-state index is 12.4. The largest absolute Gasteiger partial charge is 0.459 e. The molecule has 0 radical (unpaired) electrons. The fourth-order valence-electron chi connectivity index (χ4n) is 5.53. The van der Waals surface area contributed by atoms with Crippen LogP contribution < -0.4 is 0 Å². The second-order valence-corrected chi connectivity index (χ2v) is 8.97. The molecule has 0 heterocycles. The van der Waals surface area contributed by atoms with Crippen molar-refractivity contribution in [1.29, 1.82) is 0 Å². The molecule has 0 aromatic rings. The van der Waals surface area contributed by atoms with Crippen molar-refractivity contribution in [3.8, 4) is 0 Å². The second kappa shape index (κ2) is 5.61. The van der Waals surface area contributed by atoms with Gasteiger partial charge < -0.3 is 9.84 Å². The molecule has 1 N–H and O–H groups in total. The Bertz CT molecular complexity index is 503. The Balaban J connectivity index is 1.64. The highest BCUT2D eigenvalue weighted by Crippen LogP contribution is 2.70. The zero-order valence-corrected chi connectivity index (χ0v) is 15.0. The number of hydrogen-bond donors (Lipinski definition) is 1. The van der Waals surface area contributed by atoms with Gasteiger partial charge in [0.05, 0.1) is 5.60 Å². The maximum absolute atomic E-state index is 12.4. The van der Waals surface area contributed by atoms with Gasteiger partial charge in [-0.1, -0.05) is 33.8 Å². The summed E-state index contributed by atoms with van der Waals surface area (Å²) in [7, 11) is 0. The van der Waals surface area contributed by atoms with Gasteiger partial charge in [0.1, 0.15) is 6.10 Å². The Kier molecular flexibility index (Phi) is 4.15. The fourth-order valence-corrected chi connectivity index (χ4v) is 5.53. The minimum atomic E-state index is -0.817. The van der Waals surface area contributed by atoms with Crippen LogP contribution in [-0.4, -0.2) is 22.8 Å². The van der Waals surface area contributed by atoms with Crippen LogP contribution in [0.1, 0.15) is 78.6 Å². The van der Waals surface area contributed by atoms with E-state index in [1.807, 2.05) is 0 Å². The molecule has 3 heteroatoms. The quantitative estimate of drug-likeness (QED) is 0.617. The first-order valence-corrected chi connectivity index (χ1v) is 9.31. The molecule has 0 aliphatic heterocycles. The molecule has 2 bridgehead atoms. The molecule has 0 unspecified atom stereocenters. The van der Waals surface area contributed by atoms with E-state index >= 15 is 0 Å². The van der Waals surface area contributed by atoms with Crippen molar-refractivity contribution in [3.05, 3.63) is 12.2 Å². The molecule has 3 fully saturated rings. The molecule has 0 saturated heterocycles. The molecule has 3 aliphatic rings. The minimum absolute atomic E-state index is 0.0506. The summed E-state index contributed by atoms with van der Waals surface area (Å²) in [6.07, 6.45) is 8.87. The Labute approximate surface area is 140 Å². The van der Waals surface area contributed by atoms with Gasteiger partial charge in [0.25, 0.3) is 0 Å². The Morgan fingerprint density at radius 3 is 2.35 bits per heavy atom. The van der Waals surface area contributed by atoms with Gasteiger partial charge in [0, 0.05) is 17.4 Å². The molecule has 3 aliphatic carbocycles. The molecule has 0 aromatic heterocycles. The number of aliphatic hydroxyl groups is 1. The number of esters is 1. The van der Waals surface area contributed by atoms with Gasteiger partial charge in [0.2, 0.25) is 0 Å². The van der Waals surface area contributed by atoms with Crippen molar-refractivity contribution >= 4 is 5.97 Å². The summed E-state index contributed by atoms with van der Waals surface area (Å²) in [6.45, 7) is 10.7. The van der Waals surface area contributed by atoms with Crippen LogP contribution in [0.15, 0.2) is 12.2 Å². The summed E-state index contributed by atoms with van der Waals surface area (Å²) in [5.41, 5.74) is -0.390. The van der Waals surface area contributed by atoms with Crippen molar-refractivity contribution in [1.82, 2.24) is 0 Å². The van der Waals surface area contributed by atoms with Gasteiger partial charge in [-0.2, -0.15) is 0 Å².